The Bertz CT molecular complexity index is 260. The number of carbonyl (C=O) groups is 1. The zero-order valence-electron chi connectivity index (χ0n) is 9.43. The van der Waals surface area contributed by atoms with E-state index in [1.165, 1.54) is 0 Å². The Labute approximate surface area is 103 Å². The smallest absolute Gasteiger partial charge is 0.355 e. The predicted octanol–water partition coefficient (Wildman–Crippen LogP) is 1.73. The molecule has 17 heavy (non-hydrogen) atoms. The number of carbonyl (C=O) groups excluding carboxylic acids is 1. The SMILES string of the molecule is NC[C@H]1CCC[C@H]1C(=O)NCCSC(F)(F)F. The molecule has 1 saturated carbocycles. The zero-order chi connectivity index (χ0) is 12.9. The second kappa shape index (κ2) is 6.49. The van der Waals surface area contributed by atoms with Crippen LogP contribution in [0.3, 0.4) is 0 Å². The lowest BCUT2D eigenvalue weighted by molar-refractivity contribution is -0.125. The van der Waals surface area contributed by atoms with Crippen molar-refractivity contribution < 1.29 is 18.0 Å². The molecule has 1 fully saturated rings. The average molecular weight is 270 g/mol. The van der Waals surface area contributed by atoms with E-state index in [0.29, 0.717) is 6.54 Å². The summed E-state index contributed by atoms with van der Waals surface area (Å²) in [5.74, 6) is -0.225. The second-order valence-electron chi connectivity index (χ2n) is 4.12. The molecule has 0 aromatic rings. The van der Waals surface area contributed by atoms with Crippen molar-refractivity contribution in [1.82, 2.24) is 5.32 Å². The summed E-state index contributed by atoms with van der Waals surface area (Å²) in [6.07, 6.45) is 2.70. The van der Waals surface area contributed by atoms with Gasteiger partial charge < -0.3 is 11.1 Å². The number of amides is 1. The van der Waals surface area contributed by atoms with E-state index in [1.54, 1.807) is 0 Å². The van der Waals surface area contributed by atoms with E-state index < -0.39 is 5.51 Å². The first-order valence-corrected chi connectivity index (χ1v) is 6.61. The summed E-state index contributed by atoms with van der Waals surface area (Å²) in [6.45, 7) is 0.520. The first-order valence-electron chi connectivity index (χ1n) is 5.62. The molecule has 0 aromatic heterocycles. The molecule has 7 heteroatoms. The molecule has 100 valence electrons. The Morgan fingerprint density at radius 1 is 1.41 bits per heavy atom. The van der Waals surface area contributed by atoms with E-state index in [9.17, 15) is 18.0 Å². The minimum absolute atomic E-state index is 0.0524. The van der Waals surface area contributed by atoms with Gasteiger partial charge in [-0.3, -0.25) is 4.79 Å². The highest BCUT2D eigenvalue weighted by Crippen LogP contribution is 2.31. The minimum atomic E-state index is -4.22. The third kappa shape index (κ3) is 5.16. The fourth-order valence-electron chi connectivity index (χ4n) is 2.14. The van der Waals surface area contributed by atoms with Crippen LogP contribution < -0.4 is 11.1 Å². The number of nitrogens with one attached hydrogen (secondary N) is 1. The van der Waals surface area contributed by atoms with Gasteiger partial charge in [-0.15, -0.1) is 0 Å². The van der Waals surface area contributed by atoms with Crippen LogP contribution in [0, 0.1) is 11.8 Å². The summed E-state index contributed by atoms with van der Waals surface area (Å²) in [4.78, 5) is 11.7. The van der Waals surface area contributed by atoms with Gasteiger partial charge in [0.15, 0.2) is 0 Å². The Kier molecular flexibility index (Phi) is 5.58. The fraction of sp³-hybridized carbons (Fsp3) is 0.900. The van der Waals surface area contributed by atoms with Gasteiger partial charge in [0.05, 0.1) is 0 Å². The lowest BCUT2D eigenvalue weighted by Crippen LogP contribution is -2.36. The van der Waals surface area contributed by atoms with Crippen LogP contribution in [0.5, 0.6) is 0 Å². The lowest BCUT2D eigenvalue weighted by Gasteiger charge is -2.17. The van der Waals surface area contributed by atoms with Crippen molar-refractivity contribution in [2.45, 2.75) is 24.8 Å². The number of halogens is 3. The lowest BCUT2D eigenvalue weighted by atomic mass is 9.95. The van der Waals surface area contributed by atoms with Crippen LogP contribution in [0.25, 0.3) is 0 Å². The molecule has 1 rings (SSSR count). The van der Waals surface area contributed by atoms with Gasteiger partial charge in [-0.25, -0.2) is 0 Å². The summed E-state index contributed by atoms with van der Waals surface area (Å²) >= 11 is -0.115. The molecule has 0 unspecified atom stereocenters. The van der Waals surface area contributed by atoms with Gasteiger partial charge in [0.2, 0.25) is 5.91 Å². The summed E-state index contributed by atoms with van der Waals surface area (Å²) in [6, 6.07) is 0. The highest BCUT2D eigenvalue weighted by molar-refractivity contribution is 8.00. The van der Waals surface area contributed by atoms with E-state index in [0.717, 1.165) is 19.3 Å². The van der Waals surface area contributed by atoms with E-state index in [4.69, 9.17) is 5.73 Å². The standard InChI is InChI=1S/C10H17F3N2OS/c11-10(12,13)17-5-4-15-9(16)8-3-1-2-7(8)6-14/h7-8H,1-6,14H2,(H,15,16)/t7-,8-/m1/s1. The fourth-order valence-corrected chi connectivity index (χ4v) is 2.57. The monoisotopic (exact) mass is 270 g/mol. The van der Waals surface area contributed by atoms with E-state index in [-0.39, 0.29) is 41.8 Å². The summed E-state index contributed by atoms with van der Waals surface area (Å²) < 4.78 is 35.5. The van der Waals surface area contributed by atoms with Gasteiger partial charge in [0.25, 0.3) is 0 Å². The van der Waals surface area contributed by atoms with Gasteiger partial charge in [0.1, 0.15) is 0 Å². The van der Waals surface area contributed by atoms with Gasteiger partial charge in [-0.1, -0.05) is 6.42 Å². The molecule has 0 bridgehead atoms. The molecule has 0 aliphatic heterocycles. The third-order valence-corrected chi connectivity index (χ3v) is 3.70. The van der Waals surface area contributed by atoms with Crippen molar-refractivity contribution in [3.63, 3.8) is 0 Å². The molecule has 3 N–H and O–H groups in total. The Morgan fingerprint density at radius 3 is 2.71 bits per heavy atom. The minimum Gasteiger partial charge on any atom is -0.355 e. The van der Waals surface area contributed by atoms with Crippen molar-refractivity contribution in [2.24, 2.45) is 17.6 Å². The molecule has 0 radical (unpaired) electrons. The highest BCUT2D eigenvalue weighted by atomic mass is 32.2. The first kappa shape index (κ1) is 14.6. The third-order valence-electron chi connectivity index (χ3n) is 2.97. The van der Waals surface area contributed by atoms with Gasteiger partial charge in [0, 0.05) is 18.2 Å². The van der Waals surface area contributed by atoms with Crippen molar-refractivity contribution in [3.05, 3.63) is 0 Å². The van der Waals surface area contributed by atoms with Crippen LogP contribution in [0.15, 0.2) is 0 Å². The topological polar surface area (TPSA) is 55.1 Å². The second-order valence-corrected chi connectivity index (χ2v) is 5.28. The molecule has 0 aromatic carbocycles. The predicted molar refractivity (Wildman–Crippen MR) is 61.4 cm³/mol. The first-order chi connectivity index (χ1) is 7.94. The molecule has 1 aliphatic rings. The average Bonchev–Trinajstić information content (AvgIpc) is 2.70. The van der Waals surface area contributed by atoms with Gasteiger partial charge in [-0.05, 0) is 37.1 Å². The Hall–Kier alpha value is -0.430. The van der Waals surface area contributed by atoms with Crippen molar-refractivity contribution in [3.8, 4) is 0 Å². The number of thioether (sulfide) groups is 1. The van der Waals surface area contributed by atoms with E-state index in [1.807, 2.05) is 0 Å². The quantitative estimate of drug-likeness (QED) is 0.748. The van der Waals surface area contributed by atoms with Gasteiger partial charge >= 0.3 is 5.51 Å². The summed E-state index contributed by atoms with van der Waals surface area (Å²) in [5.41, 5.74) is 1.32. The molecule has 0 spiro atoms. The number of rotatable bonds is 5. The van der Waals surface area contributed by atoms with Crippen molar-refractivity contribution >= 4 is 17.7 Å². The molecule has 1 amide bonds. The highest BCUT2D eigenvalue weighted by Gasteiger charge is 2.32. The maximum Gasteiger partial charge on any atom is 0.441 e. The molecular formula is C10H17F3N2OS. The molecule has 2 atom stereocenters. The molecule has 3 nitrogen and oxygen atoms in total. The van der Waals surface area contributed by atoms with Crippen LogP contribution in [0.1, 0.15) is 19.3 Å². The van der Waals surface area contributed by atoms with Gasteiger partial charge in [-0.2, -0.15) is 13.2 Å². The van der Waals surface area contributed by atoms with Crippen LogP contribution >= 0.6 is 11.8 Å². The molecule has 0 heterocycles. The zero-order valence-corrected chi connectivity index (χ0v) is 10.2. The van der Waals surface area contributed by atoms with Crippen LogP contribution in [0.2, 0.25) is 0 Å². The van der Waals surface area contributed by atoms with Crippen molar-refractivity contribution in [2.75, 3.05) is 18.8 Å². The largest absolute Gasteiger partial charge is 0.441 e. The summed E-state index contributed by atoms with van der Waals surface area (Å²) in [7, 11) is 0. The van der Waals surface area contributed by atoms with Crippen molar-refractivity contribution in [1.29, 1.82) is 0 Å². The maximum atomic E-state index is 11.8. The molecule has 1 aliphatic carbocycles. The van der Waals surface area contributed by atoms with Crippen LogP contribution in [-0.4, -0.2) is 30.3 Å². The molecule has 0 saturated heterocycles. The normalized spacial score (nSPS) is 24.9. The van der Waals surface area contributed by atoms with Crippen LogP contribution in [0.4, 0.5) is 13.2 Å². The number of alkyl halides is 3. The Balaban J connectivity index is 2.21. The number of nitrogens with two attached hydrogens (primary N) is 1. The van der Waals surface area contributed by atoms with E-state index in [2.05, 4.69) is 5.32 Å². The van der Waals surface area contributed by atoms with E-state index >= 15 is 0 Å². The maximum absolute atomic E-state index is 11.8. The number of hydrogen-bond donors (Lipinski definition) is 2. The summed E-state index contributed by atoms with van der Waals surface area (Å²) in [5, 5.41) is 2.55. The number of hydrogen-bond acceptors (Lipinski definition) is 3. The molecular weight excluding hydrogens is 253 g/mol. The Morgan fingerprint density at radius 2 is 2.12 bits per heavy atom. The van der Waals surface area contributed by atoms with Crippen LogP contribution in [-0.2, 0) is 4.79 Å².